The van der Waals surface area contributed by atoms with Crippen molar-refractivity contribution in [3.05, 3.63) is 11.6 Å². The van der Waals surface area contributed by atoms with Gasteiger partial charge in [-0.25, -0.2) is 0 Å². The molecule has 116 valence electrons. The van der Waals surface area contributed by atoms with Crippen LogP contribution in [0.1, 0.15) is 90.4 Å². The van der Waals surface area contributed by atoms with Crippen LogP contribution >= 0.6 is 0 Å². The van der Waals surface area contributed by atoms with Crippen LogP contribution in [-0.2, 0) is 4.79 Å². The molecule has 0 heterocycles. The highest BCUT2D eigenvalue weighted by atomic mass is 16.4. The minimum atomic E-state index is -0.610. The molecule has 0 saturated heterocycles. The van der Waals surface area contributed by atoms with Gasteiger partial charge in [0.05, 0.1) is 5.92 Å². The van der Waals surface area contributed by atoms with Crippen LogP contribution in [-0.4, -0.2) is 11.1 Å². The number of carbonyl (C=O) groups is 1. The molecule has 2 heteroatoms. The van der Waals surface area contributed by atoms with Crippen molar-refractivity contribution in [1.29, 1.82) is 0 Å². The summed E-state index contributed by atoms with van der Waals surface area (Å²) in [7, 11) is 0. The van der Waals surface area contributed by atoms with Gasteiger partial charge in [-0.3, -0.25) is 4.79 Å². The summed E-state index contributed by atoms with van der Waals surface area (Å²) in [5.74, 6) is -0.809. The smallest absolute Gasteiger partial charge is 0.310 e. The lowest BCUT2D eigenvalue weighted by Gasteiger charge is -2.19. The fourth-order valence-corrected chi connectivity index (χ4v) is 3.13. The quantitative estimate of drug-likeness (QED) is 0.388. The molecule has 2 nitrogen and oxygen atoms in total. The molecule has 1 rings (SSSR count). The van der Waals surface area contributed by atoms with Gasteiger partial charge in [0.1, 0.15) is 0 Å². The van der Waals surface area contributed by atoms with Crippen LogP contribution in [0.3, 0.4) is 0 Å². The van der Waals surface area contributed by atoms with Gasteiger partial charge in [0.15, 0.2) is 0 Å². The summed E-state index contributed by atoms with van der Waals surface area (Å²) in [6.07, 6.45) is 17.8. The Bertz CT molecular complexity index is 294. The van der Waals surface area contributed by atoms with E-state index in [1.807, 2.05) is 0 Å². The van der Waals surface area contributed by atoms with Crippen LogP contribution in [0, 0.1) is 5.92 Å². The molecular weight excluding hydrogens is 248 g/mol. The number of aliphatic carboxylic acids is 1. The Labute approximate surface area is 124 Å². The van der Waals surface area contributed by atoms with E-state index in [2.05, 4.69) is 13.0 Å². The van der Waals surface area contributed by atoms with Gasteiger partial charge < -0.3 is 5.11 Å². The molecule has 0 amide bonds. The zero-order chi connectivity index (χ0) is 14.6. The van der Waals surface area contributed by atoms with E-state index >= 15 is 0 Å². The van der Waals surface area contributed by atoms with Gasteiger partial charge in [-0.2, -0.15) is 0 Å². The number of carboxylic acid groups (broad SMARTS) is 1. The maximum atomic E-state index is 11.4. The van der Waals surface area contributed by atoms with E-state index in [4.69, 9.17) is 0 Å². The normalized spacial score (nSPS) is 16.8. The van der Waals surface area contributed by atoms with Crippen molar-refractivity contribution >= 4 is 5.97 Å². The van der Waals surface area contributed by atoms with Crippen molar-refractivity contribution in [2.75, 3.05) is 0 Å². The van der Waals surface area contributed by atoms with E-state index in [-0.39, 0.29) is 5.92 Å². The Morgan fingerprint density at radius 3 is 2.30 bits per heavy atom. The summed E-state index contributed by atoms with van der Waals surface area (Å²) >= 11 is 0. The molecule has 0 radical (unpaired) electrons. The zero-order valence-electron chi connectivity index (χ0n) is 13.2. The summed E-state index contributed by atoms with van der Waals surface area (Å²) in [5.41, 5.74) is 1.20. The highest BCUT2D eigenvalue weighted by Crippen LogP contribution is 2.28. The SMILES string of the molecule is CCCCCCCCCCC(C(=O)O)C1=CCCCC1. The van der Waals surface area contributed by atoms with Gasteiger partial charge >= 0.3 is 5.97 Å². The molecule has 1 unspecified atom stereocenters. The van der Waals surface area contributed by atoms with Gasteiger partial charge in [0.25, 0.3) is 0 Å². The summed E-state index contributed by atoms with van der Waals surface area (Å²) < 4.78 is 0. The Balaban J connectivity index is 2.13. The third kappa shape index (κ3) is 7.12. The van der Waals surface area contributed by atoms with Gasteiger partial charge in [-0.1, -0.05) is 69.9 Å². The molecule has 0 spiro atoms. The fourth-order valence-electron chi connectivity index (χ4n) is 3.13. The largest absolute Gasteiger partial charge is 0.481 e. The Kier molecular flexibility index (Phi) is 9.44. The maximum absolute atomic E-state index is 11.4. The number of hydrogen-bond acceptors (Lipinski definition) is 1. The van der Waals surface area contributed by atoms with Crippen molar-refractivity contribution in [1.82, 2.24) is 0 Å². The minimum Gasteiger partial charge on any atom is -0.481 e. The number of allylic oxidation sites excluding steroid dienone is 1. The molecular formula is C18H32O2. The van der Waals surface area contributed by atoms with Crippen molar-refractivity contribution in [2.45, 2.75) is 90.4 Å². The molecule has 0 saturated carbocycles. The lowest BCUT2D eigenvalue weighted by atomic mass is 9.86. The summed E-state index contributed by atoms with van der Waals surface area (Å²) in [6.45, 7) is 2.24. The van der Waals surface area contributed by atoms with Crippen LogP contribution in [0.2, 0.25) is 0 Å². The monoisotopic (exact) mass is 280 g/mol. The molecule has 1 aliphatic rings. The average molecular weight is 280 g/mol. The third-order valence-corrected chi connectivity index (χ3v) is 4.42. The fraction of sp³-hybridized carbons (Fsp3) is 0.833. The number of unbranched alkanes of at least 4 members (excludes halogenated alkanes) is 7. The van der Waals surface area contributed by atoms with Crippen molar-refractivity contribution in [3.63, 3.8) is 0 Å². The Morgan fingerprint density at radius 1 is 1.10 bits per heavy atom. The van der Waals surface area contributed by atoms with E-state index in [9.17, 15) is 9.90 Å². The van der Waals surface area contributed by atoms with Crippen LogP contribution in [0.15, 0.2) is 11.6 Å². The zero-order valence-corrected chi connectivity index (χ0v) is 13.2. The van der Waals surface area contributed by atoms with Crippen molar-refractivity contribution in [2.24, 2.45) is 5.92 Å². The molecule has 20 heavy (non-hydrogen) atoms. The van der Waals surface area contributed by atoms with Crippen LogP contribution in [0.25, 0.3) is 0 Å². The van der Waals surface area contributed by atoms with Gasteiger partial charge in [-0.05, 0) is 32.1 Å². The molecule has 0 aliphatic heterocycles. The predicted octanol–water partition coefficient (Wildman–Crippen LogP) is 5.72. The first-order valence-electron chi connectivity index (χ1n) is 8.67. The number of hydrogen-bond donors (Lipinski definition) is 1. The Morgan fingerprint density at radius 2 is 1.75 bits per heavy atom. The van der Waals surface area contributed by atoms with Crippen LogP contribution in [0.4, 0.5) is 0 Å². The Hall–Kier alpha value is -0.790. The first-order valence-corrected chi connectivity index (χ1v) is 8.67. The number of rotatable bonds is 11. The molecule has 1 atom stereocenters. The minimum absolute atomic E-state index is 0.199. The second kappa shape index (κ2) is 10.9. The van der Waals surface area contributed by atoms with E-state index in [0.29, 0.717) is 0 Å². The van der Waals surface area contributed by atoms with Crippen molar-refractivity contribution < 1.29 is 9.90 Å². The first kappa shape index (κ1) is 17.3. The second-order valence-electron chi connectivity index (χ2n) is 6.18. The van der Waals surface area contributed by atoms with Gasteiger partial charge in [0.2, 0.25) is 0 Å². The topological polar surface area (TPSA) is 37.3 Å². The molecule has 1 aliphatic carbocycles. The number of carboxylic acids is 1. The van der Waals surface area contributed by atoms with E-state index < -0.39 is 5.97 Å². The molecule has 0 aromatic carbocycles. The third-order valence-electron chi connectivity index (χ3n) is 4.42. The lowest BCUT2D eigenvalue weighted by Crippen LogP contribution is -2.17. The highest BCUT2D eigenvalue weighted by Gasteiger charge is 2.22. The van der Waals surface area contributed by atoms with Crippen LogP contribution < -0.4 is 0 Å². The lowest BCUT2D eigenvalue weighted by molar-refractivity contribution is -0.140. The predicted molar refractivity (Wildman–Crippen MR) is 84.9 cm³/mol. The van der Waals surface area contributed by atoms with Gasteiger partial charge in [0, 0.05) is 0 Å². The molecule has 0 aromatic rings. The summed E-state index contributed by atoms with van der Waals surface area (Å²) in [4.78, 5) is 11.4. The first-order chi connectivity index (χ1) is 9.75. The molecule has 0 bridgehead atoms. The highest BCUT2D eigenvalue weighted by molar-refractivity contribution is 5.73. The average Bonchev–Trinajstić information content (AvgIpc) is 2.46. The van der Waals surface area contributed by atoms with E-state index in [1.165, 1.54) is 63.4 Å². The van der Waals surface area contributed by atoms with Gasteiger partial charge in [-0.15, -0.1) is 0 Å². The van der Waals surface area contributed by atoms with E-state index in [0.717, 1.165) is 25.7 Å². The molecule has 0 aromatic heterocycles. The maximum Gasteiger partial charge on any atom is 0.310 e. The molecule has 0 fully saturated rings. The summed E-state index contributed by atoms with van der Waals surface area (Å²) in [5, 5.41) is 9.38. The molecule has 1 N–H and O–H groups in total. The standard InChI is InChI=1S/C18H32O2/c1-2-3-4-5-6-7-8-12-15-17(18(19)20)16-13-10-9-11-14-16/h13,17H,2-12,14-15H2,1H3,(H,19,20). The van der Waals surface area contributed by atoms with Crippen molar-refractivity contribution in [3.8, 4) is 0 Å². The van der Waals surface area contributed by atoms with E-state index in [1.54, 1.807) is 0 Å². The second-order valence-corrected chi connectivity index (χ2v) is 6.18. The van der Waals surface area contributed by atoms with Crippen LogP contribution in [0.5, 0.6) is 0 Å². The summed E-state index contributed by atoms with van der Waals surface area (Å²) in [6, 6.07) is 0.